The summed E-state index contributed by atoms with van der Waals surface area (Å²) in [5, 5.41) is 9.89. The third-order valence-corrected chi connectivity index (χ3v) is 6.90. The second kappa shape index (κ2) is 8.04. The second-order valence-corrected chi connectivity index (χ2v) is 9.73. The number of H-pyrrole nitrogens is 1. The normalized spacial score (nSPS) is 20.8. The first-order valence-electron chi connectivity index (χ1n) is 9.11. The highest BCUT2D eigenvalue weighted by molar-refractivity contribution is 7.91. The van der Waals surface area contributed by atoms with Gasteiger partial charge >= 0.3 is 0 Å². The molecule has 1 unspecified atom stereocenters. The van der Waals surface area contributed by atoms with Gasteiger partial charge in [0.2, 0.25) is 5.91 Å². The van der Waals surface area contributed by atoms with Crippen LogP contribution in [0, 0.1) is 4.77 Å². The van der Waals surface area contributed by atoms with Crippen LogP contribution in [0.25, 0.3) is 11.4 Å². The molecule has 0 aliphatic carbocycles. The van der Waals surface area contributed by atoms with Crippen molar-refractivity contribution < 1.29 is 17.9 Å². The highest BCUT2D eigenvalue weighted by Crippen LogP contribution is 2.24. The number of carbonyl (C=O) groups excluding carboxylic acids is 1. The van der Waals surface area contributed by atoms with Crippen LogP contribution in [0.3, 0.4) is 0 Å². The minimum atomic E-state index is -3.08. The maximum Gasteiger partial charge on any atom is 0.222 e. The minimum absolute atomic E-state index is 0.0195. The number of sulfone groups is 1. The van der Waals surface area contributed by atoms with Crippen LogP contribution in [0.15, 0.2) is 24.3 Å². The molecule has 1 saturated heterocycles. The standard InChI is InChI=1S/C18H24N4O4S2/c1-3-26-14-6-4-13(5-7-14)16-20-21-17(27)22(16)10-8-15(23)19-18(2)9-11-28(24,25)12-18/h4-7H,3,8-12H2,1-2H3,(H,19,23)(H,21,27). The Morgan fingerprint density at radius 3 is 2.71 bits per heavy atom. The molecule has 0 saturated carbocycles. The van der Waals surface area contributed by atoms with Crippen molar-refractivity contribution in [3.05, 3.63) is 29.0 Å². The number of carbonyl (C=O) groups is 1. The molecule has 152 valence electrons. The zero-order chi connectivity index (χ0) is 20.4. The summed E-state index contributed by atoms with van der Waals surface area (Å²) >= 11 is 5.30. The minimum Gasteiger partial charge on any atom is -0.494 e. The Hall–Kier alpha value is -2.20. The first-order chi connectivity index (χ1) is 13.2. The van der Waals surface area contributed by atoms with Crippen LogP contribution in [-0.2, 0) is 21.2 Å². The fourth-order valence-corrected chi connectivity index (χ4v) is 5.65. The zero-order valence-corrected chi connectivity index (χ0v) is 17.5. The number of benzene rings is 1. The topological polar surface area (TPSA) is 106 Å². The predicted octanol–water partition coefficient (Wildman–Crippen LogP) is 2.09. The van der Waals surface area contributed by atoms with Gasteiger partial charge in [-0.15, -0.1) is 0 Å². The Labute approximate surface area is 169 Å². The van der Waals surface area contributed by atoms with Crippen LogP contribution in [0.4, 0.5) is 0 Å². The smallest absolute Gasteiger partial charge is 0.222 e. The summed E-state index contributed by atoms with van der Waals surface area (Å²) in [6.07, 6.45) is 0.608. The molecule has 0 bridgehead atoms. The summed E-state index contributed by atoms with van der Waals surface area (Å²) in [5.74, 6) is 1.29. The number of aromatic amines is 1. The molecule has 1 aliphatic rings. The number of rotatable bonds is 7. The highest BCUT2D eigenvalue weighted by atomic mass is 32.2. The van der Waals surface area contributed by atoms with E-state index in [0.717, 1.165) is 11.3 Å². The van der Waals surface area contributed by atoms with Crippen LogP contribution in [0.2, 0.25) is 0 Å². The Bertz CT molecular complexity index is 1010. The van der Waals surface area contributed by atoms with Crippen LogP contribution < -0.4 is 10.1 Å². The maximum atomic E-state index is 12.4. The lowest BCUT2D eigenvalue weighted by atomic mass is 10.0. The molecular weight excluding hydrogens is 400 g/mol. The molecule has 0 radical (unpaired) electrons. The highest BCUT2D eigenvalue weighted by Gasteiger charge is 2.39. The molecule has 1 aromatic heterocycles. The summed E-state index contributed by atoms with van der Waals surface area (Å²) in [7, 11) is -3.08. The molecule has 10 heteroatoms. The van der Waals surface area contributed by atoms with Gasteiger partial charge in [-0.1, -0.05) is 0 Å². The quantitative estimate of drug-likeness (QED) is 0.659. The third kappa shape index (κ3) is 4.79. The van der Waals surface area contributed by atoms with Gasteiger partial charge in [0.1, 0.15) is 5.75 Å². The molecule has 1 aromatic carbocycles. The monoisotopic (exact) mass is 424 g/mol. The lowest BCUT2D eigenvalue weighted by molar-refractivity contribution is -0.122. The molecule has 1 atom stereocenters. The summed E-state index contributed by atoms with van der Waals surface area (Å²) in [4.78, 5) is 12.4. The molecule has 0 spiro atoms. The average Bonchev–Trinajstić information content (AvgIpc) is 3.12. The number of nitrogens with one attached hydrogen (secondary N) is 2. The number of ether oxygens (including phenoxy) is 1. The summed E-state index contributed by atoms with van der Waals surface area (Å²) < 4.78 is 31.0. The number of amides is 1. The van der Waals surface area contributed by atoms with Crippen molar-refractivity contribution in [2.45, 2.75) is 38.8 Å². The van der Waals surface area contributed by atoms with Gasteiger partial charge in [-0.05, 0) is 56.8 Å². The van der Waals surface area contributed by atoms with Crippen molar-refractivity contribution >= 4 is 28.0 Å². The summed E-state index contributed by atoms with van der Waals surface area (Å²) in [6, 6.07) is 7.48. The molecule has 8 nitrogen and oxygen atoms in total. The van der Waals surface area contributed by atoms with Crippen LogP contribution >= 0.6 is 12.2 Å². The lowest BCUT2D eigenvalue weighted by Crippen LogP contribution is -2.47. The van der Waals surface area contributed by atoms with Crippen molar-refractivity contribution in [3.8, 4) is 17.1 Å². The fourth-order valence-electron chi connectivity index (χ4n) is 3.33. The number of nitrogens with zero attached hydrogens (tertiary/aromatic N) is 2. The van der Waals surface area contributed by atoms with Gasteiger partial charge in [-0.2, -0.15) is 5.10 Å². The van der Waals surface area contributed by atoms with Gasteiger partial charge < -0.3 is 10.1 Å². The van der Waals surface area contributed by atoms with E-state index in [-0.39, 0.29) is 23.8 Å². The Morgan fingerprint density at radius 1 is 1.39 bits per heavy atom. The van der Waals surface area contributed by atoms with E-state index in [1.165, 1.54) is 0 Å². The van der Waals surface area contributed by atoms with Gasteiger partial charge in [0.25, 0.3) is 0 Å². The largest absolute Gasteiger partial charge is 0.494 e. The predicted molar refractivity (Wildman–Crippen MR) is 108 cm³/mol. The van der Waals surface area contributed by atoms with E-state index in [9.17, 15) is 13.2 Å². The van der Waals surface area contributed by atoms with Crippen LogP contribution in [-0.4, -0.2) is 52.7 Å². The van der Waals surface area contributed by atoms with Gasteiger partial charge in [-0.3, -0.25) is 14.5 Å². The molecule has 1 aliphatic heterocycles. The van der Waals surface area contributed by atoms with Crippen molar-refractivity contribution in [1.29, 1.82) is 0 Å². The average molecular weight is 425 g/mol. The van der Waals surface area contributed by atoms with E-state index < -0.39 is 15.4 Å². The number of aromatic nitrogens is 3. The lowest BCUT2D eigenvalue weighted by Gasteiger charge is -2.24. The molecule has 2 aromatic rings. The Balaban J connectivity index is 1.67. The van der Waals surface area contributed by atoms with Gasteiger partial charge in [0.05, 0.1) is 23.7 Å². The van der Waals surface area contributed by atoms with Gasteiger partial charge in [0, 0.05) is 18.5 Å². The molecule has 1 amide bonds. The molecule has 1 fully saturated rings. The molecule has 28 heavy (non-hydrogen) atoms. The second-order valence-electron chi connectivity index (χ2n) is 7.16. The summed E-state index contributed by atoms with van der Waals surface area (Å²) in [6.45, 7) is 4.62. The van der Waals surface area contributed by atoms with Gasteiger partial charge in [0.15, 0.2) is 20.4 Å². The Morgan fingerprint density at radius 2 is 2.11 bits per heavy atom. The Kier molecular flexibility index (Phi) is 5.90. The summed E-state index contributed by atoms with van der Waals surface area (Å²) in [5.41, 5.74) is 0.149. The van der Waals surface area contributed by atoms with E-state index in [0.29, 0.717) is 30.2 Å². The van der Waals surface area contributed by atoms with Crippen molar-refractivity contribution in [2.24, 2.45) is 0 Å². The molecule has 2 N–H and O–H groups in total. The SMILES string of the molecule is CCOc1ccc(-c2n[nH]c(=S)n2CCC(=O)NC2(C)CCS(=O)(=O)C2)cc1. The van der Waals surface area contributed by atoms with Gasteiger partial charge in [-0.25, -0.2) is 8.42 Å². The van der Waals surface area contributed by atoms with E-state index in [1.54, 1.807) is 11.5 Å². The van der Waals surface area contributed by atoms with E-state index >= 15 is 0 Å². The van der Waals surface area contributed by atoms with Crippen molar-refractivity contribution in [3.63, 3.8) is 0 Å². The molecule has 2 heterocycles. The zero-order valence-electron chi connectivity index (χ0n) is 15.9. The molecular formula is C18H24N4O4S2. The molecule has 3 rings (SSSR count). The van der Waals surface area contributed by atoms with E-state index in [4.69, 9.17) is 17.0 Å². The number of hydrogen-bond acceptors (Lipinski definition) is 6. The van der Waals surface area contributed by atoms with E-state index in [2.05, 4.69) is 15.5 Å². The third-order valence-electron chi connectivity index (χ3n) is 4.69. The van der Waals surface area contributed by atoms with Crippen LogP contribution in [0.1, 0.15) is 26.7 Å². The van der Waals surface area contributed by atoms with Crippen LogP contribution in [0.5, 0.6) is 5.75 Å². The fraction of sp³-hybridized carbons (Fsp3) is 0.500. The maximum absolute atomic E-state index is 12.4. The first-order valence-corrected chi connectivity index (χ1v) is 11.3. The van der Waals surface area contributed by atoms with Crippen molar-refractivity contribution in [2.75, 3.05) is 18.1 Å². The van der Waals surface area contributed by atoms with E-state index in [1.807, 2.05) is 31.2 Å². The number of hydrogen-bond donors (Lipinski definition) is 2. The van der Waals surface area contributed by atoms with Crippen molar-refractivity contribution in [1.82, 2.24) is 20.1 Å². The first kappa shape index (κ1) is 20.5.